The van der Waals surface area contributed by atoms with E-state index in [1.165, 1.54) is 11.3 Å². The van der Waals surface area contributed by atoms with Gasteiger partial charge in [-0.1, -0.05) is 5.16 Å². The zero-order valence-electron chi connectivity index (χ0n) is 11.6. The van der Waals surface area contributed by atoms with E-state index >= 15 is 0 Å². The Bertz CT molecular complexity index is 695. The molecule has 0 unspecified atom stereocenters. The first-order chi connectivity index (χ1) is 10.4. The first-order valence-electron chi connectivity index (χ1n) is 6.60. The molecule has 0 aliphatic carbocycles. The van der Waals surface area contributed by atoms with Gasteiger partial charge in [-0.05, 0) is 30.4 Å². The third-order valence-electron chi connectivity index (χ3n) is 3.58. The number of halogens is 3. The number of carbonyl (C=O) groups is 1. The first kappa shape index (κ1) is 15.0. The number of hydrogen-bond acceptors (Lipinski definition) is 5. The van der Waals surface area contributed by atoms with E-state index in [9.17, 15) is 18.0 Å². The predicted octanol–water partition coefficient (Wildman–Crippen LogP) is 3.09. The molecule has 1 saturated heterocycles. The van der Waals surface area contributed by atoms with Crippen LogP contribution >= 0.6 is 11.3 Å². The molecule has 2 aromatic heterocycles. The lowest BCUT2D eigenvalue weighted by atomic mass is 10.1. The van der Waals surface area contributed by atoms with E-state index < -0.39 is 12.1 Å². The van der Waals surface area contributed by atoms with E-state index in [0.29, 0.717) is 24.4 Å². The molecule has 0 N–H and O–H groups in total. The minimum Gasteiger partial charge on any atom is -0.337 e. The molecule has 9 heteroatoms. The Morgan fingerprint density at radius 1 is 1.50 bits per heavy atom. The number of amides is 1. The van der Waals surface area contributed by atoms with Crippen molar-refractivity contribution < 1.29 is 22.5 Å². The summed E-state index contributed by atoms with van der Waals surface area (Å²) in [6, 6.07) is 1.86. The van der Waals surface area contributed by atoms with Gasteiger partial charge in [0.1, 0.15) is 0 Å². The monoisotopic (exact) mass is 331 g/mol. The van der Waals surface area contributed by atoms with Crippen molar-refractivity contribution in [3.8, 4) is 0 Å². The lowest BCUT2D eigenvalue weighted by molar-refractivity contribution is -0.159. The minimum atomic E-state index is -4.65. The van der Waals surface area contributed by atoms with E-state index in [1.807, 2.05) is 18.4 Å². The average molecular weight is 331 g/mol. The largest absolute Gasteiger partial charge is 0.471 e. The van der Waals surface area contributed by atoms with Gasteiger partial charge < -0.3 is 9.42 Å². The van der Waals surface area contributed by atoms with Gasteiger partial charge in [-0.3, -0.25) is 4.79 Å². The number of likely N-dealkylation sites (tertiary alicyclic amines) is 1. The van der Waals surface area contributed by atoms with Crippen LogP contribution in [0.1, 0.15) is 39.3 Å². The SMILES string of the molecule is Cc1ccsc1C(=O)N1CC[C@H](c2noc(C(F)(F)F)n2)C1. The number of aromatic nitrogens is 2. The number of alkyl halides is 3. The van der Waals surface area contributed by atoms with Gasteiger partial charge in [-0.15, -0.1) is 11.3 Å². The molecule has 1 atom stereocenters. The fourth-order valence-electron chi connectivity index (χ4n) is 2.41. The van der Waals surface area contributed by atoms with Gasteiger partial charge in [0, 0.05) is 19.0 Å². The average Bonchev–Trinajstić information content (AvgIpc) is 3.16. The van der Waals surface area contributed by atoms with Crippen LogP contribution < -0.4 is 0 Å². The van der Waals surface area contributed by atoms with E-state index in [2.05, 4.69) is 14.7 Å². The predicted molar refractivity (Wildman–Crippen MR) is 71.6 cm³/mol. The molecule has 0 bridgehead atoms. The second kappa shape index (κ2) is 5.38. The van der Waals surface area contributed by atoms with Crippen LogP contribution in [0.5, 0.6) is 0 Å². The Morgan fingerprint density at radius 2 is 2.27 bits per heavy atom. The third-order valence-corrected chi connectivity index (χ3v) is 4.59. The number of carbonyl (C=O) groups excluding carboxylic acids is 1. The molecule has 22 heavy (non-hydrogen) atoms. The molecule has 1 fully saturated rings. The van der Waals surface area contributed by atoms with Crippen LogP contribution in [0.2, 0.25) is 0 Å². The smallest absolute Gasteiger partial charge is 0.337 e. The normalized spacial score (nSPS) is 18.9. The Kier molecular flexibility index (Phi) is 3.67. The highest BCUT2D eigenvalue weighted by molar-refractivity contribution is 7.12. The van der Waals surface area contributed by atoms with Crippen molar-refractivity contribution in [1.82, 2.24) is 15.0 Å². The van der Waals surface area contributed by atoms with Crippen LogP contribution in [0.25, 0.3) is 0 Å². The Labute approximate surface area is 127 Å². The number of nitrogens with zero attached hydrogens (tertiary/aromatic N) is 3. The van der Waals surface area contributed by atoms with Crippen molar-refractivity contribution in [1.29, 1.82) is 0 Å². The number of thiophene rings is 1. The fraction of sp³-hybridized carbons (Fsp3) is 0.462. The summed E-state index contributed by atoms with van der Waals surface area (Å²) < 4.78 is 41.6. The molecule has 0 radical (unpaired) electrons. The molecule has 1 amide bonds. The molecule has 5 nitrogen and oxygen atoms in total. The Hall–Kier alpha value is -1.90. The van der Waals surface area contributed by atoms with Crippen molar-refractivity contribution in [3.63, 3.8) is 0 Å². The van der Waals surface area contributed by atoms with Crippen LogP contribution in [-0.2, 0) is 6.18 Å². The number of aryl methyl sites for hydroxylation is 1. The third kappa shape index (κ3) is 2.72. The molecular weight excluding hydrogens is 319 g/mol. The van der Waals surface area contributed by atoms with Gasteiger partial charge >= 0.3 is 12.1 Å². The van der Waals surface area contributed by atoms with E-state index in [4.69, 9.17) is 0 Å². The molecule has 1 aliphatic heterocycles. The lowest BCUT2D eigenvalue weighted by Gasteiger charge is -2.15. The second-order valence-electron chi connectivity index (χ2n) is 5.12. The Morgan fingerprint density at radius 3 is 2.86 bits per heavy atom. The van der Waals surface area contributed by atoms with Gasteiger partial charge in [0.05, 0.1) is 4.88 Å². The van der Waals surface area contributed by atoms with Crippen molar-refractivity contribution in [2.45, 2.75) is 25.4 Å². The Balaban J connectivity index is 1.71. The highest BCUT2D eigenvalue weighted by Gasteiger charge is 2.40. The summed E-state index contributed by atoms with van der Waals surface area (Å²) in [6.07, 6.45) is -4.12. The summed E-state index contributed by atoms with van der Waals surface area (Å²) in [5.41, 5.74) is 0.900. The summed E-state index contributed by atoms with van der Waals surface area (Å²) in [7, 11) is 0. The first-order valence-corrected chi connectivity index (χ1v) is 7.48. The maximum absolute atomic E-state index is 12.5. The summed E-state index contributed by atoms with van der Waals surface area (Å²) in [6.45, 7) is 2.62. The second-order valence-corrected chi connectivity index (χ2v) is 6.04. The molecular formula is C13H12F3N3O2S. The van der Waals surface area contributed by atoms with Crippen molar-refractivity contribution >= 4 is 17.2 Å². The molecule has 2 aromatic rings. The van der Waals surface area contributed by atoms with E-state index in [-0.39, 0.29) is 17.6 Å². The van der Waals surface area contributed by atoms with Crippen molar-refractivity contribution in [2.75, 3.05) is 13.1 Å². The minimum absolute atomic E-state index is 0.00512. The summed E-state index contributed by atoms with van der Waals surface area (Å²) >= 11 is 1.36. The van der Waals surface area contributed by atoms with Gasteiger partial charge in [0.2, 0.25) is 0 Å². The van der Waals surface area contributed by atoms with Crippen LogP contribution in [0, 0.1) is 6.92 Å². The van der Waals surface area contributed by atoms with Gasteiger partial charge in [-0.2, -0.15) is 18.2 Å². The van der Waals surface area contributed by atoms with Crippen LogP contribution in [0.15, 0.2) is 16.0 Å². The summed E-state index contributed by atoms with van der Waals surface area (Å²) in [5.74, 6) is -1.77. The fourth-order valence-corrected chi connectivity index (χ4v) is 3.30. The molecule has 3 rings (SSSR count). The standard InChI is InChI=1S/C13H12F3N3O2S/c1-7-3-5-22-9(7)11(20)19-4-2-8(6-19)10-17-12(21-18-10)13(14,15)16/h3,5,8H,2,4,6H2,1H3/t8-/m0/s1. The topological polar surface area (TPSA) is 59.2 Å². The number of rotatable bonds is 2. The molecule has 3 heterocycles. The summed E-state index contributed by atoms with van der Waals surface area (Å²) in [4.78, 5) is 18.0. The molecule has 1 aliphatic rings. The van der Waals surface area contributed by atoms with Crippen LogP contribution in [0.4, 0.5) is 13.2 Å². The quantitative estimate of drug-likeness (QED) is 0.848. The van der Waals surface area contributed by atoms with Crippen molar-refractivity contribution in [2.24, 2.45) is 0 Å². The highest BCUT2D eigenvalue weighted by atomic mass is 32.1. The van der Waals surface area contributed by atoms with Crippen LogP contribution in [-0.4, -0.2) is 34.0 Å². The van der Waals surface area contributed by atoms with Crippen molar-refractivity contribution in [3.05, 3.63) is 33.6 Å². The highest BCUT2D eigenvalue weighted by Crippen LogP contribution is 2.32. The maximum atomic E-state index is 12.5. The molecule has 0 spiro atoms. The molecule has 118 valence electrons. The number of hydrogen-bond donors (Lipinski definition) is 0. The molecule has 0 saturated carbocycles. The van der Waals surface area contributed by atoms with Crippen LogP contribution in [0.3, 0.4) is 0 Å². The maximum Gasteiger partial charge on any atom is 0.471 e. The van der Waals surface area contributed by atoms with E-state index in [1.54, 1.807) is 4.90 Å². The zero-order chi connectivity index (χ0) is 15.9. The summed E-state index contributed by atoms with van der Waals surface area (Å²) in [5, 5.41) is 5.24. The van der Waals surface area contributed by atoms with E-state index in [0.717, 1.165) is 5.56 Å². The van der Waals surface area contributed by atoms with Gasteiger partial charge in [0.15, 0.2) is 5.82 Å². The zero-order valence-corrected chi connectivity index (χ0v) is 12.4. The van der Waals surface area contributed by atoms with Gasteiger partial charge in [0.25, 0.3) is 5.91 Å². The molecule has 0 aromatic carbocycles. The van der Waals surface area contributed by atoms with Gasteiger partial charge in [-0.25, -0.2) is 0 Å². The lowest BCUT2D eigenvalue weighted by Crippen LogP contribution is -2.28.